The van der Waals surface area contributed by atoms with E-state index in [0.29, 0.717) is 36.2 Å². The lowest BCUT2D eigenvalue weighted by Crippen LogP contribution is -2.41. The van der Waals surface area contributed by atoms with E-state index in [2.05, 4.69) is 25.9 Å². The molecule has 0 aliphatic rings. The van der Waals surface area contributed by atoms with Crippen LogP contribution in [0.3, 0.4) is 0 Å². The second-order valence-corrected chi connectivity index (χ2v) is 6.95. The van der Waals surface area contributed by atoms with Crippen LogP contribution in [0.15, 0.2) is 35.5 Å². The van der Waals surface area contributed by atoms with Gasteiger partial charge < -0.3 is 16.0 Å². The highest BCUT2D eigenvalue weighted by Crippen LogP contribution is 2.14. The maximum atomic E-state index is 12.1. The van der Waals surface area contributed by atoms with Gasteiger partial charge in [0.1, 0.15) is 5.01 Å². The summed E-state index contributed by atoms with van der Waals surface area (Å²) in [6.45, 7) is 6.33. The second kappa shape index (κ2) is 12.1. The third kappa shape index (κ3) is 7.46. The minimum Gasteiger partial charge on any atom is -0.357 e. The standard InChI is InChI=1S/C17H22ClN5OS.HI/c1-3-19-17(23-11-15-22-10-12(2)25-15)21-9-8-20-16(24)13-6-4-5-7-14(13)18;/h4-7,10H,3,8-9,11H2,1-2H3,(H,20,24)(H2,19,21,23);1H. The average molecular weight is 508 g/mol. The number of carbonyl (C=O) groups is 1. The van der Waals surface area contributed by atoms with Gasteiger partial charge in [0.05, 0.1) is 17.1 Å². The lowest BCUT2D eigenvalue weighted by Gasteiger charge is -2.12. The predicted molar refractivity (Wildman–Crippen MR) is 119 cm³/mol. The Morgan fingerprint density at radius 3 is 2.62 bits per heavy atom. The van der Waals surface area contributed by atoms with Gasteiger partial charge >= 0.3 is 0 Å². The van der Waals surface area contributed by atoms with Gasteiger partial charge in [-0.25, -0.2) is 9.98 Å². The van der Waals surface area contributed by atoms with Crippen molar-refractivity contribution in [1.29, 1.82) is 0 Å². The summed E-state index contributed by atoms with van der Waals surface area (Å²) >= 11 is 7.65. The Balaban J connectivity index is 0.00000338. The molecule has 0 unspecified atom stereocenters. The van der Waals surface area contributed by atoms with Crippen molar-refractivity contribution in [2.45, 2.75) is 20.4 Å². The van der Waals surface area contributed by atoms with Crippen molar-refractivity contribution >= 4 is 58.8 Å². The molecule has 0 radical (unpaired) electrons. The van der Waals surface area contributed by atoms with Gasteiger partial charge in [0.2, 0.25) is 0 Å². The van der Waals surface area contributed by atoms with Gasteiger partial charge in [0.15, 0.2) is 5.96 Å². The number of amides is 1. The molecule has 0 fully saturated rings. The quantitative estimate of drug-likeness (QED) is 0.233. The maximum Gasteiger partial charge on any atom is 0.252 e. The Labute approximate surface area is 179 Å². The molecule has 1 heterocycles. The molecular weight excluding hydrogens is 485 g/mol. The van der Waals surface area contributed by atoms with Crippen LogP contribution in [0.1, 0.15) is 27.2 Å². The molecule has 6 nitrogen and oxygen atoms in total. The zero-order valence-corrected chi connectivity index (χ0v) is 18.6. The van der Waals surface area contributed by atoms with Crippen LogP contribution >= 0.6 is 46.9 Å². The van der Waals surface area contributed by atoms with Crippen LogP contribution in [-0.2, 0) is 6.54 Å². The molecule has 1 aromatic heterocycles. The summed E-state index contributed by atoms with van der Waals surface area (Å²) in [5, 5.41) is 10.6. The number of nitrogens with one attached hydrogen (secondary N) is 3. The summed E-state index contributed by atoms with van der Waals surface area (Å²) < 4.78 is 0. The largest absolute Gasteiger partial charge is 0.357 e. The first-order valence-corrected chi connectivity index (χ1v) is 9.25. The smallest absolute Gasteiger partial charge is 0.252 e. The van der Waals surface area contributed by atoms with E-state index in [1.54, 1.807) is 35.6 Å². The third-order valence-corrected chi connectivity index (χ3v) is 4.43. The number of hydrogen-bond acceptors (Lipinski definition) is 4. The van der Waals surface area contributed by atoms with Crippen LogP contribution in [-0.4, -0.2) is 36.5 Å². The molecule has 0 saturated heterocycles. The summed E-state index contributed by atoms with van der Waals surface area (Å²) in [5.41, 5.74) is 0.476. The van der Waals surface area contributed by atoms with E-state index in [1.165, 1.54) is 4.88 Å². The van der Waals surface area contributed by atoms with E-state index < -0.39 is 0 Å². The van der Waals surface area contributed by atoms with E-state index in [0.717, 1.165) is 11.6 Å². The second-order valence-electron chi connectivity index (χ2n) is 5.22. The molecule has 0 atom stereocenters. The van der Waals surface area contributed by atoms with Gasteiger partial charge in [0.25, 0.3) is 5.91 Å². The van der Waals surface area contributed by atoms with Crippen LogP contribution in [0.4, 0.5) is 0 Å². The Morgan fingerprint density at radius 2 is 1.96 bits per heavy atom. The monoisotopic (exact) mass is 507 g/mol. The Bertz CT molecular complexity index is 737. The number of nitrogens with zero attached hydrogens (tertiary/aromatic N) is 2. The first-order valence-electron chi connectivity index (χ1n) is 8.06. The predicted octanol–water partition coefficient (Wildman–Crippen LogP) is 3.21. The number of thiazole rings is 1. The van der Waals surface area contributed by atoms with Gasteiger partial charge in [-0.3, -0.25) is 4.79 Å². The van der Waals surface area contributed by atoms with Crippen molar-refractivity contribution in [3.63, 3.8) is 0 Å². The molecule has 0 saturated carbocycles. The molecule has 9 heteroatoms. The van der Waals surface area contributed by atoms with Crippen molar-refractivity contribution in [2.24, 2.45) is 4.99 Å². The van der Waals surface area contributed by atoms with Crippen molar-refractivity contribution in [3.05, 3.63) is 50.9 Å². The molecule has 142 valence electrons. The Morgan fingerprint density at radius 1 is 1.23 bits per heavy atom. The molecule has 26 heavy (non-hydrogen) atoms. The number of rotatable bonds is 7. The van der Waals surface area contributed by atoms with E-state index in [9.17, 15) is 4.79 Å². The highest BCUT2D eigenvalue weighted by molar-refractivity contribution is 14.0. The van der Waals surface area contributed by atoms with Crippen molar-refractivity contribution < 1.29 is 4.79 Å². The molecule has 2 aromatic rings. The summed E-state index contributed by atoms with van der Waals surface area (Å²) in [6, 6.07) is 6.98. The van der Waals surface area contributed by atoms with E-state index >= 15 is 0 Å². The molecule has 1 aromatic carbocycles. The van der Waals surface area contributed by atoms with Gasteiger partial charge in [-0.15, -0.1) is 35.3 Å². The van der Waals surface area contributed by atoms with Gasteiger partial charge in [-0.1, -0.05) is 23.7 Å². The topological polar surface area (TPSA) is 78.4 Å². The molecule has 0 aliphatic heterocycles. The molecule has 0 aliphatic carbocycles. The summed E-state index contributed by atoms with van der Waals surface area (Å²) in [7, 11) is 0. The summed E-state index contributed by atoms with van der Waals surface area (Å²) in [4.78, 5) is 22.0. The number of benzene rings is 1. The number of aromatic nitrogens is 1. The fourth-order valence-electron chi connectivity index (χ4n) is 2.06. The molecule has 3 N–H and O–H groups in total. The van der Waals surface area contributed by atoms with E-state index in [-0.39, 0.29) is 29.9 Å². The van der Waals surface area contributed by atoms with E-state index in [4.69, 9.17) is 11.6 Å². The lowest BCUT2D eigenvalue weighted by molar-refractivity contribution is 0.0954. The number of hydrogen-bond donors (Lipinski definition) is 3. The normalized spacial score (nSPS) is 10.8. The molecule has 2 rings (SSSR count). The van der Waals surface area contributed by atoms with E-state index in [1.807, 2.05) is 20.0 Å². The summed E-state index contributed by atoms with van der Waals surface area (Å²) in [6.07, 6.45) is 1.85. The molecule has 0 bridgehead atoms. The first kappa shape index (κ1) is 22.7. The number of guanidine groups is 1. The van der Waals surface area contributed by atoms with Crippen LogP contribution in [0.25, 0.3) is 0 Å². The number of halogens is 2. The zero-order chi connectivity index (χ0) is 18.1. The Kier molecular flexibility index (Phi) is 10.5. The number of aryl methyl sites for hydroxylation is 1. The zero-order valence-electron chi connectivity index (χ0n) is 14.7. The Hall–Kier alpha value is -1.39. The fourth-order valence-corrected chi connectivity index (χ4v) is 2.99. The third-order valence-electron chi connectivity index (χ3n) is 3.21. The summed E-state index contributed by atoms with van der Waals surface area (Å²) in [5.74, 6) is 0.509. The molecule has 0 spiro atoms. The van der Waals surface area contributed by atoms with Crippen molar-refractivity contribution in [1.82, 2.24) is 20.9 Å². The molecule has 1 amide bonds. The van der Waals surface area contributed by atoms with Crippen LogP contribution < -0.4 is 16.0 Å². The van der Waals surface area contributed by atoms with Crippen LogP contribution in [0.2, 0.25) is 5.02 Å². The first-order chi connectivity index (χ1) is 12.1. The van der Waals surface area contributed by atoms with Crippen LogP contribution in [0.5, 0.6) is 0 Å². The lowest BCUT2D eigenvalue weighted by atomic mass is 10.2. The average Bonchev–Trinajstić information content (AvgIpc) is 3.02. The minimum atomic E-state index is -0.187. The number of carbonyl (C=O) groups excluding carboxylic acids is 1. The van der Waals surface area contributed by atoms with Gasteiger partial charge in [-0.05, 0) is 26.0 Å². The van der Waals surface area contributed by atoms with Crippen molar-refractivity contribution in [2.75, 3.05) is 19.6 Å². The fraction of sp³-hybridized carbons (Fsp3) is 0.353. The highest BCUT2D eigenvalue weighted by Gasteiger charge is 2.08. The minimum absolute atomic E-state index is 0. The van der Waals surface area contributed by atoms with Crippen molar-refractivity contribution in [3.8, 4) is 0 Å². The SMILES string of the molecule is CCNC(=NCc1ncc(C)s1)NCCNC(=O)c1ccccc1Cl.I. The van der Waals surface area contributed by atoms with Crippen LogP contribution in [0, 0.1) is 6.92 Å². The van der Waals surface area contributed by atoms with Gasteiger partial charge in [0, 0.05) is 30.7 Å². The molecular formula is C17H23ClIN5OS. The highest BCUT2D eigenvalue weighted by atomic mass is 127. The maximum absolute atomic E-state index is 12.1. The number of aliphatic imine (C=N–C) groups is 1. The van der Waals surface area contributed by atoms with Gasteiger partial charge in [-0.2, -0.15) is 0 Å².